The summed E-state index contributed by atoms with van der Waals surface area (Å²) in [6, 6.07) is 13.3. The van der Waals surface area contributed by atoms with Crippen molar-refractivity contribution in [1.29, 1.82) is 0 Å². The van der Waals surface area contributed by atoms with Crippen molar-refractivity contribution in [2.75, 3.05) is 12.4 Å². The van der Waals surface area contributed by atoms with Crippen LogP contribution >= 0.6 is 0 Å². The van der Waals surface area contributed by atoms with Crippen LogP contribution in [0.1, 0.15) is 29.7 Å². The molecule has 0 bridgehead atoms. The van der Waals surface area contributed by atoms with Crippen molar-refractivity contribution < 1.29 is 19.7 Å². The molecule has 0 unspecified atom stereocenters. The maximum atomic E-state index is 13.4. The molecule has 2 aromatic carbocycles. The number of fused-ring (bicyclic) bond motifs is 1. The number of benzene rings is 2. The number of aromatic hydroxyl groups is 1. The van der Waals surface area contributed by atoms with Gasteiger partial charge in [-0.05, 0) is 36.8 Å². The van der Waals surface area contributed by atoms with Gasteiger partial charge in [0, 0.05) is 23.6 Å². The van der Waals surface area contributed by atoms with E-state index in [0.29, 0.717) is 28.3 Å². The number of ether oxygens (including phenoxy) is 1. The SMILES string of the molecule is COc1ccccc1NC(=O)[C@H]1[C@H](c2ccc(O)cc2)c2c([nH][nH]c2=O)C[C@]1(C)O. The molecule has 8 heteroatoms. The van der Waals surface area contributed by atoms with E-state index in [-0.39, 0.29) is 17.7 Å². The molecule has 1 heterocycles. The lowest BCUT2D eigenvalue weighted by molar-refractivity contribution is -0.130. The summed E-state index contributed by atoms with van der Waals surface area (Å²) in [4.78, 5) is 26.0. The summed E-state index contributed by atoms with van der Waals surface area (Å²) in [6.07, 6.45) is 0.111. The highest BCUT2D eigenvalue weighted by Gasteiger charge is 2.50. The highest BCUT2D eigenvalue weighted by molar-refractivity contribution is 5.96. The van der Waals surface area contributed by atoms with Gasteiger partial charge in [-0.25, -0.2) is 0 Å². The number of rotatable bonds is 4. The number of carbonyl (C=O) groups excluding carboxylic acids is 1. The summed E-state index contributed by atoms with van der Waals surface area (Å²) in [5, 5.41) is 29.2. The van der Waals surface area contributed by atoms with Gasteiger partial charge >= 0.3 is 0 Å². The van der Waals surface area contributed by atoms with E-state index in [0.717, 1.165) is 0 Å². The van der Waals surface area contributed by atoms with Crippen LogP contribution in [0.5, 0.6) is 11.5 Å². The second kappa shape index (κ2) is 7.38. The number of aromatic nitrogens is 2. The molecule has 3 atom stereocenters. The Morgan fingerprint density at radius 1 is 1.17 bits per heavy atom. The summed E-state index contributed by atoms with van der Waals surface area (Å²) in [5.41, 5.74) is 0.302. The van der Waals surface area contributed by atoms with E-state index in [1.165, 1.54) is 19.2 Å². The van der Waals surface area contributed by atoms with E-state index in [4.69, 9.17) is 4.74 Å². The predicted molar refractivity (Wildman–Crippen MR) is 111 cm³/mol. The van der Waals surface area contributed by atoms with E-state index in [1.54, 1.807) is 43.3 Å². The van der Waals surface area contributed by atoms with Crippen LogP contribution in [0.25, 0.3) is 0 Å². The maximum Gasteiger partial charge on any atom is 0.267 e. The number of phenolic OH excluding ortho intramolecular Hbond substituents is 1. The Bertz CT molecular complexity index is 1130. The molecule has 1 aliphatic rings. The third-order valence-corrected chi connectivity index (χ3v) is 5.65. The molecular formula is C22H23N3O5. The predicted octanol–water partition coefficient (Wildman–Crippen LogP) is 2.11. The van der Waals surface area contributed by atoms with Gasteiger partial charge in [0.15, 0.2) is 0 Å². The third kappa shape index (κ3) is 3.35. The highest BCUT2D eigenvalue weighted by Crippen LogP contribution is 2.44. The number of hydrogen-bond acceptors (Lipinski definition) is 5. The molecule has 1 amide bonds. The summed E-state index contributed by atoms with van der Waals surface area (Å²) in [6.45, 7) is 1.58. The Morgan fingerprint density at radius 3 is 2.57 bits per heavy atom. The van der Waals surface area contributed by atoms with Gasteiger partial charge in [-0.3, -0.25) is 14.7 Å². The average Bonchev–Trinajstić information content (AvgIpc) is 3.07. The zero-order valence-electron chi connectivity index (χ0n) is 16.6. The largest absolute Gasteiger partial charge is 0.508 e. The van der Waals surface area contributed by atoms with Crippen LogP contribution in [0.2, 0.25) is 0 Å². The van der Waals surface area contributed by atoms with E-state index in [9.17, 15) is 19.8 Å². The minimum atomic E-state index is -1.44. The van der Waals surface area contributed by atoms with Crippen molar-refractivity contribution >= 4 is 11.6 Å². The van der Waals surface area contributed by atoms with E-state index >= 15 is 0 Å². The van der Waals surface area contributed by atoms with Gasteiger partial charge < -0.3 is 25.4 Å². The monoisotopic (exact) mass is 409 g/mol. The molecular weight excluding hydrogens is 386 g/mol. The quantitative estimate of drug-likeness (QED) is 0.451. The molecule has 1 aromatic heterocycles. The van der Waals surface area contributed by atoms with Gasteiger partial charge in [0.1, 0.15) is 11.5 Å². The molecule has 0 saturated heterocycles. The zero-order chi connectivity index (χ0) is 21.5. The Morgan fingerprint density at radius 2 is 1.87 bits per heavy atom. The van der Waals surface area contributed by atoms with Crippen molar-refractivity contribution in [2.24, 2.45) is 5.92 Å². The molecule has 3 aromatic rings. The lowest BCUT2D eigenvalue weighted by Gasteiger charge is -2.41. The number of H-pyrrole nitrogens is 2. The third-order valence-electron chi connectivity index (χ3n) is 5.65. The number of aliphatic hydroxyl groups is 1. The minimum absolute atomic E-state index is 0.0690. The topological polar surface area (TPSA) is 127 Å². The molecule has 0 aliphatic heterocycles. The number of carbonyl (C=O) groups is 1. The second-order valence-electron chi connectivity index (χ2n) is 7.74. The summed E-state index contributed by atoms with van der Waals surface area (Å²) in [5.74, 6) is -1.55. The highest BCUT2D eigenvalue weighted by atomic mass is 16.5. The summed E-state index contributed by atoms with van der Waals surface area (Å²) < 4.78 is 5.31. The van der Waals surface area contributed by atoms with Gasteiger partial charge in [-0.1, -0.05) is 24.3 Å². The van der Waals surface area contributed by atoms with Crippen molar-refractivity contribution in [3.63, 3.8) is 0 Å². The van der Waals surface area contributed by atoms with Crippen LogP contribution in [0.4, 0.5) is 5.69 Å². The standard InChI is InChI=1S/C22H23N3O5/c1-22(29)11-15-18(20(27)25-24-15)17(12-7-9-13(26)10-8-12)19(22)21(28)23-14-5-3-4-6-16(14)30-2/h3-10,17,19,26,29H,11H2,1-2H3,(H,23,28)(H2,24,25,27)/t17-,19-,22+/m1/s1. The Kier molecular flexibility index (Phi) is 4.87. The lowest BCUT2D eigenvalue weighted by atomic mass is 9.66. The Labute approximate surface area is 172 Å². The number of nitrogens with one attached hydrogen (secondary N) is 3. The Hall–Kier alpha value is -3.52. The fourth-order valence-electron chi connectivity index (χ4n) is 4.30. The van der Waals surface area contributed by atoms with Crippen LogP contribution in [0.3, 0.4) is 0 Å². The molecule has 156 valence electrons. The van der Waals surface area contributed by atoms with E-state index in [1.807, 2.05) is 0 Å². The molecule has 0 spiro atoms. The number of anilines is 1. The first-order chi connectivity index (χ1) is 14.3. The average molecular weight is 409 g/mol. The van der Waals surface area contributed by atoms with Gasteiger partial charge in [-0.15, -0.1) is 0 Å². The fraction of sp³-hybridized carbons (Fsp3) is 0.273. The van der Waals surface area contributed by atoms with Crippen molar-refractivity contribution in [3.8, 4) is 11.5 Å². The van der Waals surface area contributed by atoms with Gasteiger partial charge in [0.2, 0.25) is 5.91 Å². The first-order valence-electron chi connectivity index (χ1n) is 9.56. The molecule has 0 radical (unpaired) electrons. The van der Waals surface area contributed by atoms with Crippen LogP contribution < -0.4 is 15.6 Å². The number of methoxy groups -OCH3 is 1. The summed E-state index contributed by atoms with van der Waals surface area (Å²) in [7, 11) is 1.51. The molecule has 8 nitrogen and oxygen atoms in total. The van der Waals surface area contributed by atoms with Gasteiger partial charge in [0.05, 0.1) is 24.3 Å². The number of para-hydroxylation sites is 2. The van der Waals surface area contributed by atoms with Crippen LogP contribution in [-0.2, 0) is 11.2 Å². The van der Waals surface area contributed by atoms with Gasteiger partial charge in [-0.2, -0.15) is 0 Å². The van der Waals surface area contributed by atoms with Crippen LogP contribution in [0, 0.1) is 5.92 Å². The zero-order valence-corrected chi connectivity index (χ0v) is 16.6. The van der Waals surface area contributed by atoms with Crippen LogP contribution in [-0.4, -0.2) is 39.0 Å². The molecule has 4 rings (SSSR count). The second-order valence-corrected chi connectivity index (χ2v) is 7.74. The first-order valence-corrected chi connectivity index (χ1v) is 9.56. The van der Waals surface area contributed by atoms with Crippen molar-refractivity contribution in [3.05, 3.63) is 75.7 Å². The normalized spacial score (nSPS) is 22.9. The maximum absolute atomic E-state index is 13.4. The van der Waals surface area contributed by atoms with E-state index in [2.05, 4.69) is 15.5 Å². The van der Waals surface area contributed by atoms with Crippen molar-refractivity contribution in [2.45, 2.75) is 24.9 Å². The van der Waals surface area contributed by atoms with E-state index < -0.39 is 23.3 Å². The first kappa shape index (κ1) is 19.8. The molecule has 0 saturated carbocycles. The number of phenols is 1. The van der Waals surface area contributed by atoms with Crippen molar-refractivity contribution in [1.82, 2.24) is 10.2 Å². The minimum Gasteiger partial charge on any atom is -0.508 e. The van der Waals surface area contributed by atoms with Gasteiger partial charge in [0.25, 0.3) is 5.56 Å². The smallest absolute Gasteiger partial charge is 0.267 e. The summed E-state index contributed by atoms with van der Waals surface area (Å²) >= 11 is 0. The lowest BCUT2D eigenvalue weighted by Crippen LogP contribution is -2.51. The molecule has 1 aliphatic carbocycles. The molecule has 30 heavy (non-hydrogen) atoms. The Balaban J connectivity index is 1.82. The molecule has 0 fully saturated rings. The number of amides is 1. The van der Waals surface area contributed by atoms with Crippen LogP contribution in [0.15, 0.2) is 53.3 Å². The molecule has 5 N–H and O–H groups in total. The fourth-order valence-corrected chi connectivity index (χ4v) is 4.30. The number of hydrogen-bond donors (Lipinski definition) is 5. The number of aromatic amines is 2.